The Balaban J connectivity index is 5.63. The van der Waals surface area contributed by atoms with Crippen LogP contribution in [0.1, 0.15) is 105 Å². The molecule has 0 saturated carbocycles. The van der Waals surface area contributed by atoms with Crippen molar-refractivity contribution in [1.82, 2.24) is 0 Å². The molecule has 142 valence electrons. The second kappa shape index (κ2) is 15.5. The third kappa shape index (κ3) is 9.63. The van der Waals surface area contributed by atoms with E-state index in [-0.39, 0.29) is 0 Å². The molecule has 0 aromatic rings. The van der Waals surface area contributed by atoms with E-state index in [4.69, 9.17) is 0 Å². The fourth-order valence-electron chi connectivity index (χ4n) is 3.77. The van der Waals surface area contributed by atoms with Gasteiger partial charge in [-0.2, -0.15) is 0 Å². The van der Waals surface area contributed by atoms with Crippen molar-refractivity contribution in [2.24, 2.45) is 0 Å². The molecule has 0 saturated heterocycles. The number of hydrogen-bond donors (Lipinski definition) is 0. The maximum atomic E-state index is 12.4. The van der Waals surface area contributed by atoms with Crippen LogP contribution in [0.2, 0.25) is 13.3 Å². The molecule has 0 atom stereocenters. The summed E-state index contributed by atoms with van der Waals surface area (Å²) < 4.78 is 6.17. The summed E-state index contributed by atoms with van der Waals surface area (Å²) in [5.41, 5.74) is 0. The first-order valence-electron chi connectivity index (χ1n) is 10.8. The fraction of sp³-hybridized carbons (Fsp3) is 0.864. The van der Waals surface area contributed by atoms with E-state index in [2.05, 4.69) is 40.7 Å². The van der Waals surface area contributed by atoms with Crippen molar-refractivity contribution in [2.45, 2.75) is 119 Å². The van der Waals surface area contributed by atoms with Gasteiger partial charge in [-0.3, -0.25) is 0 Å². The zero-order valence-corrected chi connectivity index (χ0v) is 20.2. The second-order valence-corrected chi connectivity index (χ2v) is 21.0. The predicted octanol–water partition coefficient (Wildman–Crippen LogP) is 7.86. The van der Waals surface area contributed by atoms with Crippen LogP contribution in [0, 0.1) is 0 Å². The second-order valence-electron chi connectivity index (χ2n) is 7.58. The van der Waals surface area contributed by atoms with Gasteiger partial charge in [0.15, 0.2) is 0 Å². The first-order valence-corrected chi connectivity index (χ1v) is 18.3. The van der Waals surface area contributed by atoms with Crippen molar-refractivity contribution in [3.8, 4) is 0 Å². The van der Waals surface area contributed by atoms with E-state index in [1.165, 1.54) is 71.1 Å². The molecule has 0 aliphatic rings. The van der Waals surface area contributed by atoms with Gasteiger partial charge in [-0.05, 0) is 0 Å². The maximum absolute atomic E-state index is 12.4. The molecule has 0 amide bonds. The number of carbonyl (C=O) groups excluding carboxylic acids is 1. The van der Waals surface area contributed by atoms with Gasteiger partial charge in [0.05, 0.1) is 0 Å². The van der Waals surface area contributed by atoms with Gasteiger partial charge >= 0.3 is 157 Å². The normalized spacial score (nSPS) is 12.6. The van der Waals surface area contributed by atoms with Crippen molar-refractivity contribution in [3.05, 3.63) is 9.67 Å². The van der Waals surface area contributed by atoms with Crippen LogP contribution in [0.5, 0.6) is 0 Å². The third-order valence-corrected chi connectivity index (χ3v) is 21.6. The molecule has 1 nitrogen and oxygen atoms in total. The molecule has 2 heteroatoms. The topological polar surface area (TPSA) is 17.1 Å². The van der Waals surface area contributed by atoms with Crippen LogP contribution in [0.4, 0.5) is 0 Å². The summed E-state index contributed by atoms with van der Waals surface area (Å²) in [6.45, 7) is 11.4. The SMILES string of the molecule is CCCC/[C](=C/C(=O)CCC)[Sn]([CH2]CCC)([CH2]CCC)[CH2]CCC. The molecule has 0 radical (unpaired) electrons. The van der Waals surface area contributed by atoms with Crippen LogP contribution in [0.25, 0.3) is 0 Å². The molecule has 24 heavy (non-hydrogen) atoms. The summed E-state index contributed by atoms with van der Waals surface area (Å²) in [7, 11) is 0. The summed E-state index contributed by atoms with van der Waals surface area (Å²) >= 11 is -2.38. The zero-order chi connectivity index (χ0) is 18.3. The van der Waals surface area contributed by atoms with Gasteiger partial charge in [0.1, 0.15) is 0 Å². The molecule has 0 unspecified atom stereocenters. The monoisotopic (exact) mass is 444 g/mol. The molecular weight excluding hydrogens is 399 g/mol. The van der Waals surface area contributed by atoms with Gasteiger partial charge in [-0.1, -0.05) is 0 Å². The average Bonchev–Trinajstić information content (AvgIpc) is 2.58. The quantitative estimate of drug-likeness (QED) is 0.175. The number of hydrogen-bond acceptors (Lipinski definition) is 1. The van der Waals surface area contributed by atoms with Crippen molar-refractivity contribution >= 4 is 24.2 Å². The molecule has 0 aliphatic heterocycles. The summed E-state index contributed by atoms with van der Waals surface area (Å²) in [5, 5.41) is 0. The molecule has 0 spiro atoms. The molecule has 0 N–H and O–H groups in total. The van der Waals surface area contributed by atoms with Crippen molar-refractivity contribution in [1.29, 1.82) is 0 Å². The number of unbranched alkanes of at least 4 members (excludes halogenated alkanes) is 4. The zero-order valence-electron chi connectivity index (χ0n) is 17.4. The van der Waals surface area contributed by atoms with Gasteiger partial charge in [0.25, 0.3) is 0 Å². The van der Waals surface area contributed by atoms with E-state index in [0.29, 0.717) is 5.78 Å². The molecule has 0 aromatic heterocycles. The van der Waals surface area contributed by atoms with Crippen molar-refractivity contribution < 1.29 is 4.79 Å². The molecule has 0 heterocycles. The van der Waals surface area contributed by atoms with Crippen LogP contribution in [-0.2, 0) is 4.79 Å². The fourth-order valence-corrected chi connectivity index (χ4v) is 20.8. The number of carbonyl (C=O) groups is 1. The first-order chi connectivity index (χ1) is 11.6. The van der Waals surface area contributed by atoms with E-state index in [9.17, 15) is 4.79 Å². The van der Waals surface area contributed by atoms with Gasteiger partial charge in [0.2, 0.25) is 0 Å². The van der Waals surface area contributed by atoms with Crippen molar-refractivity contribution in [2.75, 3.05) is 0 Å². The number of rotatable bonds is 16. The number of ketones is 1. The standard InChI is InChI=1S/C10H17O.3C4H9.Sn/c1-3-5-6-7-9-10(11)8-4-2;3*1-3-4-2;/h9H,3-6,8H2,1-2H3;3*1,3-4H2,2H3;. The first kappa shape index (κ1) is 24.2. The van der Waals surface area contributed by atoms with E-state index >= 15 is 0 Å². The Hall–Kier alpha value is 0.209. The summed E-state index contributed by atoms with van der Waals surface area (Å²) in [6.07, 6.45) is 15.7. The number of allylic oxidation sites excluding steroid dienone is 2. The molecule has 0 aromatic carbocycles. The van der Waals surface area contributed by atoms with Gasteiger partial charge in [0, 0.05) is 0 Å². The summed E-state index contributed by atoms with van der Waals surface area (Å²) in [6, 6.07) is 0. The van der Waals surface area contributed by atoms with Crippen LogP contribution in [0.3, 0.4) is 0 Å². The minimum atomic E-state index is -2.38. The van der Waals surface area contributed by atoms with E-state index in [1.54, 1.807) is 3.59 Å². The van der Waals surface area contributed by atoms with Crippen LogP contribution < -0.4 is 0 Å². The molecule has 0 bridgehead atoms. The Bertz CT molecular complexity index is 324. The molecule has 0 aliphatic carbocycles. The Kier molecular flexibility index (Phi) is 15.6. The molecule has 0 rings (SSSR count). The summed E-state index contributed by atoms with van der Waals surface area (Å²) in [4.78, 5) is 12.4. The minimum absolute atomic E-state index is 0.411. The van der Waals surface area contributed by atoms with Crippen LogP contribution >= 0.6 is 0 Å². The van der Waals surface area contributed by atoms with Crippen LogP contribution in [-0.4, -0.2) is 24.2 Å². The Morgan fingerprint density at radius 3 is 1.50 bits per heavy atom. The summed E-state index contributed by atoms with van der Waals surface area (Å²) in [5.74, 6) is 0.411. The Morgan fingerprint density at radius 2 is 1.12 bits per heavy atom. The van der Waals surface area contributed by atoms with Gasteiger partial charge < -0.3 is 0 Å². The van der Waals surface area contributed by atoms with Gasteiger partial charge in [-0.15, -0.1) is 0 Å². The van der Waals surface area contributed by atoms with Crippen molar-refractivity contribution in [3.63, 3.8) is 0 Å². The predicted molar refractivity (Wildman–Crippen MR) is 112 cm³/mol. The van der Waals surface area contributed by atoms with Gasteiger partial charge in [-0.25, -0.2) is 0 Å². The third-order valence-electron chi connectivity index (χ3n) is 5.34. The average molecular weight is 443 g/mol. The van der Waals surface area contributed by atoms with E-state index < -0.39 is 18.4 Å². The van der Waals surface area contributed by atoms with Crippen LogP contribution in [0.15, 0.2) is 9.67 Å². The Labute approximate surface area is 156 Å². The molecular formula is C22H44OSn. The van der Waals surface area contributed by atoms with E-state index in [1.807, 2.05) is 0 Å². The molecule has 0 fully saturated rings. The Morgan fingerprint density at radius 1 is 0.667 bits per heavy atom. The van der Waals surface area contributed by atoms with E-state index in [0.717, 1.165) is 12.8 Å².